The Bertz CT molecular complexity index is 726. The molecule has 0 aliphatic heterocycles. The van der Waals surface area contributed by atoms with E-state index in [2.05, 4.69) is 16.5 Å². The molecule has 4 nitrogen and oxygen atoms in total. The van der Waals surface area contributed by atoms with E-state index in [1.165, 1.54) is 17.5 Å². The minimum atomic E-state index is -0.226. The third kappa shape index (κ3) is 4.33. The maximum Gasteiger partial charge on any atom is 0.265 e. The lowest BCUT2D eigenvalue weighted by Crippen LogP contribution is -2.17. The van der Waals surface area contributed by atoms with Gasteiger partial charge in [-0.2, -0.15) is 0 Å². The van der Waals surface area contributed by atoms with Crippen LogP contribution in [0.15, 0.2) is 47.6 Å². The number of aryl methyl sites for hydroxylation is 2. The van der Waals surface area contributed by atoms with E-state index in [0.717, 1.165) is 24.1 Å². The van der Waals surface area contributed by atoms with Gasteiger partial charge in [0.1, 0.15) is 0 Å². The summed E-state index contributed by atoms with van der Waals surface area (Å²) in [6.45, 7) is -0.124. The monoisotopic (exact) mass is 328 g/mol. The summed E-state index contributed by atoms with van der Waals surface area (Å²) in [6.07, 6.45) is 4.95. The van der Waals surface area contributed by atoms with Crippen LogP contribution in [0.25, 0.3) is 0 Å². The lowest BCUT2D eigenvalue weighted by atomic mass is 10.1. The molecule has 5 heteroatoms. The Labute approximate surface area is 140 Å². The predicted octanol–water partition coefficient (Wildman–Crippen LogP) is 3.82. The number of hydrogen-bond donors (Lipinski definition) is 1. The highest BCUT2D eigenvalue weighted by molar-refractivity contribution is 6.30. The molecule has 2 aromatic rings. The summed E-state index contributed by atoms with van der Waals surface area (Å²) in [4.78, 5) is 16.9. The number of rotatable bonds is 5. The van der Waals surface area contributed by atoms with Gasteiger partial charge < -0.3 is 10.2 Å². The minimum Gasteiger partial charge on any atom is -0.386 e. The van der Waals surface area contributed by atoms with Crippen LogP contribution in [0.4, 0.5) is 5.69 Å². The van der Waals surface area contributed by atoms with Crippen LogP contribution in [0.5, 0.6) is 0 Å². The molecule has 0 radical (unpaired) electrons. The second-order valence-corrected chi connectivity index (χ2v) is 5.88. The number of hydrogen-bond acceptors (Lipinski definition) is 3. The van der Waals surface area contributed by atoms with Gasteiger partial charge in [-0.15, -0.1) is 0 Å². The number of amides is 1. The molecule has 1 amide bonds. The Hall–Kier alpha value is -2.33. The zero-order valence-corrected chi connectivity index (χ0v) is 13.3. The Morgan fingerprint density at radius 1 is 1.17 bits per heavy atom. The smallest absolute Gasteiger partial charge is 0.265 e. The van der Waals surface area contributed by atoms with Crippen LogP contribution in [-0.2, 0) is 22.5 Å². The molecule has 1 aliphatic rings. The van der Waals surface area contributed by atoms with Crippen molar-refractivity contribution in [2.45, 2.75) is 19.3 Å². The summed E-state index contributed by atoms with van der Waals surface area (Å²) in [6, 6.07) is 13.2. The van der Waals surface area contributed by atoms with Crippen LogP contribution in [0.3, 0.4) is 0 Å². The molecule has 0 bridgehead atoms. The lowest BCUT2D eigenvalue weighted by Gasteiger charge is -2.06. The Morgan fingerprint density at radius 3 is 2.78 bits per heavy atom. The first-order valence-electron chi connectivity index (χ1n) is 7.53. The second-order valence-electron chi connectivity index (χ2n) is 5.44. The summed E-state index contributed by atoms with van der Waals surface area (Å²) in [5.74, 6) is -0.226. The van der Waals surface area contributed by atoms with Crippen molar-refractivity contribution in [3.8, 4) is 0 Å². The van der Waals surface area contributed by atoms with Crippen molar-refractivity contribution in [2.24, 2.45) is 5.16 Å². The first-order chi connectivity index (χ1) is 11.2. The first-order valence-corrected chi connectivity index (χ1v) is 7.91. The van der Waals surface area contributed by atoms with Gasteiger partial charge in [0.05, 0.1) is 6.21 Å². The standard InChI is InChI=1S/C18H17ClN2O2/c19-16-7-4-13(5-8-16)11-20-23-12-18(22)21-17-9-6-14-2-1-3-15(14)10-17/h4-11H,1-3,12H2,(H,21,22)/b20-11+. The maximum atomic E-state index is 11.8. The molecule has 0 aromatic heterocycles. The fraction of sp³-hybridized carbons (Fsp3) is 0.222. The van der Waals surface area contributed by atoms with Gasteiger partial charge in [0, 0.05) is 10.7 Å². The molecule has 0 heterocycles. The molecule has 0 saturated carbocycles. The van der Waals surface area contributed by atoms with Crippen LogP contribution >= 0.6 is 11.6 Å². The zero-order valence-electron chi connectivity index (χ0n) is 12.6. The molecule has 118 valence electrons. The minimum absolute atomic E-state index is 0.124. The van der Waals surface area contributed by atoms with Crippen molar-refractivity contribution < 1.29 is 9.63 Å². The Morgan fingerprint density at radius 2 is 1.96 bits per heavy atom. The van der Waals surface area contributed by atoms with Gasteiger partial charge in [0.2, 0.25) is 0 Å². The molecular weight excluding hydrogens is 312 g/mol. The molecule has 0 spiro atoms. The zero-order chi connectivity index (χ0) is 16.1. The van der Waals surface area contributed by atoms with Gasteiger partial charge in [-0.3, -0.25) is 4.79 Å². The molecule has 2 aromatic carbocycles. The molecule has 0 atom stereocenters. The topological polar surface area (TPSA) is 50.7 Å². The first kappa shape index (κ1) is 15.6. The summed E-state index contributed by atoms with van der Waals surface area (Å²) < 4.78 is 0. The van der Waals surface area contributed by atoms with Gasteiger partial charge in [0.25, 0.3) is 5.91 Å². The van der Waals surface area contributed by atoms with Gasteiger partial charge in [0.15, 0.2) is 6.61 Å². The SMILES string of the molecule is O=C(CO/N=C/c1ccc(Cl)cc1)Nc1ccc2c(c1)CCC2. The van der Waals surface area contributed by atoms with Crippen molar-refractivity contribution >= 4 is 29.4 Å². The molecule has 3 rings (SSSR count). The molecule has 1 aliphatic carbocycles. The number of oxime groups is 1. The highest BCUT2D eigenvalue weighted by atomic mass is 35.5. The summed E-state index contributed by atoms with van der Waals surface area (Å²) >= 11 is 5.80. The number of carbonyl (C=O) groups excluding carboxylic acids is 1. The fourth-order valence-corrected chi connectivity index (χ4v) is 2.72. The van der Waals surface area contributed by atoms with Gasteiger partial charge in [-0.25, -0.2) is 0 Å². The van der Waals surface area contributed by atoms with E-state index in [1.54, 1.807) is 18.3 Å². The van der Waals surface area contributed by atoms with Gasteiger partial charge >= 0.3 is 0 Å². The van der Waals surface area contributed by atoms with Crippen molar-refractivity contribution in [1.29, 1.82) is 0 Å². The van der Waals surface area contributed by atoms with Crippen LogP contribution < -0.4 is 5.32 Å². The van der Waals surface area contributed by atoms with Crippen molar-refractivity contribution in [1.82, 2.24) is 0 Å². The average Bonchev–Trinajstić information content (AvgIpc) is 3.01. The molecule has 0 saturated heterocycles. The molecule has 0 fully saturated rings. The quantitative estimate of drug-likeness (QED) is 0.670. The number of nitrogens with one attached hydrogen (secondary N) is 1. The number of benzene rings is 2. The van der Waals surface area contributed by atoms with Gasteiger partial charge in [-0.05, 0) is 60.2 Å². The summed E-state index contributed by atoms with van der Waals surface area (Å²) in [7, 11) is 0. The second kappa shape index (κ2) is 7.29. The summed E-state index contributed by atoms with van der Waals surface area (Å²) in [5.41, 5.74) is 4.37. The number of anilines is 1. The van der Waals surface area contributed by atoms with E-state index in [4.69, 9.17) is 16.4 Å². The molecular formula is C18H17ClN2O2. The fourth-order valence-electron chi connectivity index (χ4n) is 2.59. The molecule has 23 heavy (non-hydrogen) atoms. The third-order valence-corrected chi connectivity index (χ3v) is 3.98. The van der Waals surface area contributed by atoms with Crippen molar-refractivity contribution in [3.63, 3.8) is 0 Å². The van der Waals surface area contributed by atoms with Crippen LogP contribution in [0.2, 0.25) is 5.02 Å². The largest absolute Gasteiger partial charge is 0.386 e. The summed E-state index contributed by atoms with van der Waals surface area (Å²) in [5, 5.41) is 7.27. The van der Waals surface area contributed by atoms with E-state index in [1.807, 2.05) is 24.3 Å². The maximum absolute atomic E-state index is 11.8. The van der Waals surface area contributed by atoms with Crippen LogP contribution in [-0.4, -0.2) is 18.7 Å². The van der Waals surface area contributed by atoms with Crippen molar-refractivity contribution in [2.75, 3.05) is 11.9 Å². The predicted molar refractivity (Wildman–Crippen MR) is 92.1 cm³/mol. The normalized spacial score (nSPS) is 13.1. The number of nitrogens with zero attached hydrogens (tertiary/aromatic N) is 1. The lowest BCUT2D eigenvalue weighted by molar-refractivity contribution is -0.120. The average molecular weight is 329 g/mol. The number of fused-ring (bicyclic) bond motifs is 1. The van der Waals surface area contributed by atoms with E-state index in [-0.39, 0.29) is 12.5 Å². The van der Waals surface area contributed by atoms with E-state index in [9.17, 15) is 4.79 Å². The highest BCUT2D eigenvalue weighted by Gasteiger charge is 2.11. The Kier molecular flexibility index (Phi) is 4.93. The third-order valence-electron chi connectivity index (χ3n) is 3.72. The molecule has 0 unspecified atom stereocenters. The van der Waals surface area contributed by atoms with E-state index >= 15 is 0 Å². The Balaban J connectivity index is 1.47. The van der Waals surface area contributed by atoms with Crippen molar-refractivity contribution in [3.05, 3.63) is 64.2 Å². The van der Waals surface area contributed by atoms with E-state index in [0.29, 0.717) is 5.02 Å². The van der Waals surface area contributed by atoms with Crippen LogP contribution in [0, 0.1) is 0 Å². The van der Waals surface area contributed by atoms with Gasteiger partial charge in [-0.1, -0.05) is 35.0 Å². The van der Waals surface area contributed by atoms with E-state index < -0.39 is 0 Å². The van der Waals surface area contributed by atoms with Crippen LogP contribution in [0.1, 0.15) is 23.1 Å². The number of carbonyl (C=O) groups is 1. The highest BCUT2D eigenvalue weighted by Crippen LogP contribution is 2.24. The molecule has 1 N–H and O–H groups in total. The number of halogens is 1.